The number of hydrogen-bond donors (Lipinski definition) is 2. The third kappa shape index (κ3) is 3.05. The van der Waals surface area contributed by atoms with Crippen LogP contribution in [0.15, 0.2) is 12.7 Å². The molecule has 31 heavy (non-hydrogen) atoms. The Morgan fingerprint density at radius 1 is 1.32 bits per heavy atom. The summed E-state index contributed by atoms with van der Waals surface area (Å²) in [4.78, 5) is 43.0. The van der Waals surface area contributed by atoms with Crippen molar-refractivity contribution in [3.63, 3.8) is 0 Å². The summed E-state index contributed by atoms with van der Waals surface area (Å²) < 4.78 is 6.46. The van der Waals surface area contributed by atoms with Crippen LogP contribution < -0.4 is 0 Å². The molecule has 172 valence electrons. The van der Waals surface area contributed by atoms with E-state index in [-0.39, 0.29) is 31.0 Å². The predicted molar refractivity (Wildman–Crippen MR) is 112 cm³/mol. The van der Waals surface area contributed by atoms with Crippen molar-refractivity contribution in [2.75, 3.05) is 19.7 Å². The Balaban J connectivity index is 1.77. The summed E-state index contributed by atoms with van der Waals surface area (Å²) in [5.74, 6) is -3.70. The zero-order valence-electron chi connectivity index (χ0n) is 18.5. The molecule has 8 nitrogen and oxygen atoms in total. The van der Waals surface area contributed by atoms with Gasteiger partial charge in [0.05, 0.1) is 18.1 Å². The maximum atomic E-state index is 14.1. The van der Waals surface area contributed by atoms with E-state index in [0.717, 1.165) is 32.1 Å². The maximum Gasteiger partial charge on any atom is 0.310 e. The molecule has 2 amide bonds. The van der Waals surface area contributed by atoms with Gasteiger partial charge in [-0.15, -0.1) is 6.58 Å². The van der Waals surface area contributed by atoms with E-state index in [9.17, 15) is 24.6 Å². The number of hydrogen-bond acceptors (Lipinski definition) is 5. The predicted octanol–water partition coefficient (Wildman–Crippen LogP) is 1.42. The Morgan fingerprint density at radius 2 is 2.00 bits per heavy atom. The fourth-order valence-electron chi connectivity index (χ4n) is 6.85. The van der Waals surface area contributed by atoms with Crippen molar-refractivity contribution in [2.45, 2.75) is 75.7 Å². The van der Waals surface area contributed by atoms with Gasteiger partial charge in [0.2, 0.25) is 11.8 Å². The Morgan fingerprint density at radius 3 is 2.58 bits per heavy atom. The van der Waals surface area contributed by atoms with Gasteiger partial charge in [0.1, 0.15) is 17.6 Å². The number of nitrogens with zero attached hydrogens (tertiary/aromatic N) is 2. The quantitative estimate of drug-likeness (QED) is 0.587. The second-order valence-corrected chi connectivity index (χ2v) is 9.87. The molecule has 3 unspecified atom stereocenters. The highest BCUT2D eigenvalue weighted by Gasteiger charge is 2.80. The SMILES string of the molecule is C=CCN(C(=O)C1N(CCO)C(=O)[C@@H]2[C@@H](C(=O)O)[C@]3(C)OC12CC3C)C1CCCCC1. The second kappa shape index (κ2) is 7.89. The Bertz CT molecular complexity index is 780. The number of β-amino-alcohol motifs (C(OH)–C–C–N with tert-alkyl or cyclic N) is 1. The number of aliphatic hydroxyl groups excluding tert-OH is 1. The van der Waals surface area contributed by atoms with Crippen LogP contribution >= 0.6 is 0 Å². The highest BCUT2D eigenvalue weighted by Crippen LogP contribution is 2.65. The molecule has 4 aliphatic rings. The maximum absolute atomic E-state index is 14.1. The number of fused-ring (bicyclic) bond motifs is 1. The monoisotopic (exact) mass is 434 g/mol. The van der Waals surface area contributed by atoms with Crippen LogP contribution in [-0.4, -0.2) is 80.8 Å². The Kier molecular flexibility index (Phi) is 5.67. The lowest BCUT2D eigenvalue weighted by Gasteiger charge is -2.40. The minimum atomic E-state index is -1.17. The van der Waals surface area contributed by atoms with E-state index >= 15 is 0 Å². The normalized spacial score (nSPS) is 39.6. The first-order chi connectivity index (χ1) is 14.7. The van der Waals surface area contributed by atoms with Crippen LogP contribution in [0.1, 0.15) is 52.4 Å². The lowest BCUT2D eigenvalue weighted by molar-refractivity contribution is -0.158. The minimum Gasteiger partial charge on any atom is -0.481 e. The summed E-state index contributed by atoms with van der Waals surface area (Å²) >= 11 is 0. The van der Waals surface area contributed by atoms with E-state index in [1.54, 1.807) is 13.0 Å². The largest absolute Gasteiger partial charge is 0.481 e. The smallest absolute Gasteiger partial charge is 0.310 e. The molecular weight excluding hydrogens is 400 g/mol. The number of carboxylic acid groups (broad SMARTS) is 1. The summed E-state index contributed by atoms with van der Waals surface area (Å²) in [5.41, 5.74) is -2.17. The van der Waals surface area contributed by atoms with Crippen molar-refractivity contribution in [1.82, 2.24) is 9.80 Å². The first-order valence-corrected chi connectivity index (χ1v) is 11.5. The number of amides is 2. The third-order valence-electron chi connectivity index (χ3n) is 8.28. The molecule has 3 aliphatic heterocycles. The van der Waals surface area contributed by atoms with Gasteiger partial charge in [0.25, 0.3) is 0 Å². The van der Waals surface area contributed by atoms with E-state index in [0.29, 0.717) is 13.0 Å². The van der Waals surface area contributed by atoms with E-state index in [1.165, 1.54) is 4.90 Å². The summed E-state index contributed by atoms with van der Waals surface area (Å²) in [7, 11) is 0. The number of aliphatic hydroxyl groups is 1. The lowest BCUT2D eigenvalue weighted by Crippen LogP contribution is -2.58. The molecular formula is C23H34N2O6. The van der Waals surface area contributed by atoms with Gasteiger partial charge < -0.3 is 24.7 Å². The molecule has 3 saturated heterocycles. The first kappa shape index (κ1) is 22.3. The van der Waals surface area contributed by atoms with Crippen molar-refractivity contribution in [3.05, 3.63) is 12.7 Å². The zero-order valence-corrected chi connectivity index (χ0v) is 18.5. The molecule has 2 bridgehead atoms. The summed E-state index contributed by atoms with van der Waals surface area (Å²) in [5, 5.41) is 19.7. The number of rotatable bonds is 7. The molecule has 6 atom stereocenters. The van der Waals surface area contributed by atoms with Crippen LogP contribution in [-0.2, 0) is 19.1 Å². The van der Waals surface area contributed by atoms with Gasteiger partial charge in [-0.2, -0.15) is 0 Å². The van der Waals surface area contributed by atoms with Crippen molar-refractivity contribution in [1.29, 1.82) is 0 Å². The fraction of sp³-hybridized carbons (Fsp3) is 0.783. The Labute approximate surface area is 183 Å². The summed E-state index contributed by atoms with van der Waals surface area (Å²) in [6.45, 7) is 7.58. The molecule has 3 heterocycles. The van der Waals surface area contributed by atoms with Crippen LogP contribution in [0.5, 0.6) is 0 Å². The van der Waals surface area contributed by atoms with E-state index in [1.807, 2.05) is 11.8 Å². The number of likely N-dealkylation sites (tertiary alicyclic amines) is 1. The van der Waals surface area contributed by atoms with Crippen molar-refractivity contribution in [3.8, 4) is 0 Å². The average Bonchev–Trinajstić information content (AvgIpc) is 3.24. The van der Waals surface area contributed by atoms with Gasteiger partial charge in [-0.3, -0.25) is 14.4 Å². The van der Waals surface area contributed by atoms with E-state index in [4.69, 9.17) is 4.74 Å². The molecule has 0 aromatic carbocycles. The topological polar surface area (TPSA) is 107 Å². The van der Waals surface area contributed by atoms with Gasteiger partial charge >= 0.3 is 5.97 Å². The van der Waals surface area contributed by atoms with Crippen molar-refractivity contribution < 1.29 is 29.3 Å². The lowest BCUT2D eigenvalue weighted by atomic mass is 9.62. The van der Waals surface area contributed by atoms with Crippen molar-refractivity contribution in [2.24, 2.45) is 17.8 Å². The highest BCUT2D eigenvalue weighted by molar-refractivity contribution is 5.98. The summed E-state index contributed by atoms with van der Waals surface area (Å²) in [6.07, 6.45) is 7.22. The van der Waals surface area contributed by atoms with Crippen LogP contribution in [0.25, 0.3) is 0 Å². The van der Waals surface area contributed by atoms with E-state index in [2.05, 4.69) is 6.58 Å². The van der Waals surface area contributed by atoms with Gasteiger partial charge in [0, 0.05) is 19.1 Å². The number of carbonyl (C=O) groups is 3. The zero-order chi connectivity index (χ0) is 22.6. The van der Waals surface area contributed by atoms with Crippen molar-refractivity contribution >= 4 is 17.8 Å². The molecule has 0 aromatic heterocycles. The number of ether oxygens (including phenoxy) is 1. The standard InChI is InChI=1S/C23H34N2O6/c1-4-10-24(15-8-6-5-7-9-15)20(28)18-23-13-14(2)22(3,31-23)17(21(29)30)16(23)19(27)25(18)11-12-26/h4,14-18,26H,1,5-13H2,2-3H3,(H,29,30)/t14?,16-,17-,18?,22+,23?/m0/s1. The molecule has 1 saturated carbocycles. The second-order valence-electron chi connectivity index (χ2n) is 9.87. The molecule has 2 N–H and O–H groups in total. The highest BCUT2D eigenvalue weighted by atomic mass is 16.5. The fourth-order valence-corrected chi connectivity index (χ4v) is 6.85. The molecule has 4 fully saturated rings. The Hall–Kier alpha value is -1.93. The molecule has 4 rings (SSSR count). The molecule has 1 aliphatic carbocycles. The minimum absolute atomic E-state index is 0.0130. The van der Waals surface area contributed by atoms with Crippen LogP contribution in [0, 0.1) is 17.8 Å². The molecule has 0 aromatic rings. The van der Waals surface area contributed by atoms with Gasteiger partial charge in [-0.05, 0) is 32.1 Å². The van der Waals surface area contributed by atoms with Gasteiger partial charge in [-0.25, -0.2) is 0 Å². The summed E-state index contributed by atoms with van der Waals surface area (Å²) in [6, 6.07) is -0.852. The third-order valence-corrected chi connectivity index (χ3v) is 8.28. The van der Waals surface area contributed by atoms with Crippen LogP contribution in [0.3, 0.4) is 0 Å². The number of carbonyl (C=O) groups excluding carboxylic acids is 2. The molecule has 8 heteroatoms. The number of aliphatic carboxylic acids is 1. The van der Waals surface area contributed by atoms with Gasteiger partial charge in [-0.1, -0.05) is 32.3 Å². The van der Waals surface area contributed by atoms with Crippen LogP contribution in [0.4, 0.5) is 0 Å². The first-order valence-electron chi connectivity index (χ1n) is 11.5. The van der Waals surface area contributed by atoms with Crippen LogP contribution in [0.2, 0.25) is 0 Å². The molecule has 0 radical (unpaired) electrons. The average molecular weight is 435 g/mol. The molecule has 1 spiro atoms. The van der Waals surface area contributed by atoms with Gasteiger partial charge in [0.15, 0.2) is 0 Å². The number of carboxylic acids is 1. The van der Waals surface area contributed by atoms with E-state index < -0.39 is 41.0 Å².